The second-order valence-electron chi connectivity index (χ2n) is 6.09. The van der Waals surface area contributed by atoms with Crippen LogP contribution in [0.1, 0.15) is 30.9 Å². The second kappa shape index (κ2) is 9.58. The second-order valence-corrected chi connectivity index (χ2v) is 6.09. The van der Waals surface area contributed by atoms with Crippen molar-refractivity contribution in [1.82, 2.24) is 10.2 Å². The number of halogens is 2. The van der Waals surface area contributed by atoms with E-state index in [1.54, 1.807) is 14.2 Å². The molecule has 132 valence electrons. The predicted molar refractivity (Wildman–Crippen MR) is 98.6 cm³/mol. The van der Waals surface area contributed by atoms with Gasteiger partial charge in [-0.25, -0.2) is 0 Å². The molecular formula is C17H28Cl2N2O2. The molecule has 0 aromatic heterocycles. The summed E-state index contributed by atoms with van der Waals surface area (Å²) in [7, 11) is 3.46. The highest BCUT2D eigenvalue weighted by molar-refractivity contribution is 5.85. The van der Waals surface area contributed by atoms with Gasteiger partial charge in [0.2, 0.25) is 0 Å². The summed E-state index contributed by atoms with van der Waals surface area (Å²) >= 11 is 0. The molecule has 0 amide bonds. The van der Waals surface area contributed by atoms with E-state index in [1.165, 1.54) is 24.8 Å². The van der Waals surface area contributed by atoms with Gasteiger partial charge in [-0.3, -0.25) is 4.90 Å². The molecule has 1 heterocycles. The van der Waals surface area contributed by atoms with E-state index in [9.17, 15) is 0 Å². The molecule has 1 saturated heterocycles. The first-order chi connectivity index (χ1) is 10.3. The maximum atomic E-state index is 5.64. The van der Waals surface area contributed by atoms with Crippen LogP contribution in [0.15, 0.2) is 18.2 Å². The molecular weight excluding hydrogens is 335 g/mol. The number of hydrogen-bond acceptors (Lipinski definition) is 4. The molecule has 1 N–H and O–H groups in total. The van der Waals surface area contributed by atoms with Gasteiger partial charge in [-0.2, -0.15) is 0 Å². The van der Waals surface area contributed by atoms with Crippen LogP contribution in [0.5, 0.6) is 11.5 Å². The van der Waals surface area contributed by atoms with E-state index < -0.39 is 0 Å². The fourth-order valence-corrected chi connectivity index (χ4v) is 3.23. The Bertz CT molecular complexity index is 478. The quantitative estimate of drug-likeness (QED) is 0.841. The van der Waals surface area contributed by atoms with Crippen LogP contribution < -0.4 is 14.8 Å². The van der Waals surface area contributed by atoms with E-state index in [-0.39, 0.29) is 24.8 Å². The Labute approximate surface area is 151 Å². The minimum absolute atomic E-state index is 0. The maximum absolute atomic E-state index is 5.64. The van der Waals surface area contributed by atoms with Crippen LogP contribution in [-0.4, -0.2) is 45.3 Å². The topological polar surface area (TPSA) is 33.7 Å². The normalized spacial score (nSPS) is 19.2. The molecule has 3 rings (SSSR count). The summed E-state index contributed by atoms with van der Waals surface area (Å²) < 4.78 is 11.0. The van der Waals surface area contributed by atoms with Crippen LogP contribution in [0, 0.1) is 5.92 Å². The first-order valence-corrected chi connectivity index (χ1v) is 7.98. The highest BCUT2D eigenvalue weighted by Crippen LogP contribution is 2.43. The van der Waals surface area contributed by atoms with Crippen molar-refractivity contribution in [3.8, 4) is 11.5 Å². The minimum atomic E-state index is 0. The molecule has 1 aliphatic heterocycles. The van der Waals surface area contributed by atoms with Gasteiger partial charge in [0.15, 0.2) is 0 Å². The highest BCUT2D eigenvalue weighted by atomic mass is 35.5. The summed E-state index contributed by atoms with van der Waals surface area (Å²) in [6, 6.07) is 6.73. The predicted octanol–water partition coefficient (Wildman–Crippen LogP) is 3.29. The Balaban J connectivity index is 0.00000132. The lowest BCUT2D eigenvalue weighted by molar-refractivity contribution is 0.157. The van der Waals surface area contributed by atoms with Crippen LogP contribution in [0.25, 0.3) is 0 Å². The molecule has 1 aromatic carbocycles. The molecule has 2 fully saturated rings. The van der Waals surface area contributed by atoms with Crippen LogP contribution in [-0.2, 0) is 0 Å². The van der Waals surface area contributed by atoms with Crippen molar-refractivity contribution in [2.24, 2.45) is 5.92 Å². The Morgan fingerprint density at radius 1 is 1.13 bits per heavy atom. The number of nitrogens with zero attached hydrogens (tertiary/aromatic N) is 1. The molecule has 6 heteroatoms. The zero-order valence-corrected chi connectivity index (χ0v) is 15.5. The monoisotopic (exact) mass is 362 g/mol. The molecule has 0 spiro atoms. The summed E-state index contributed by atoms with van der Waals surface area (Å²) in [5.74, 6) is 2.72. The zero-order chi connectivity index (χ0) is 14.7. The molecule has 4 nitrogen and oxygen atoms in total. The van der Waals surface area contributed by atoms with Crippen LogP contribution >= 0.6 is 24.8 Å². The number of hydrogen-bond donors (Lipinski definition) is 1. The number of rotatable bonds is 6. The first-order valence-electron chi connectivity index (χ1n) is 7.98. The third kappa shape index (κ3) is 5.15. The summed E-state index contributed by atoms with van der Waals surface area (Å²) in [4.78, 5) is 2.61. The first kappa shape index (κ1) is 20.4. The lowest BCUT2D eigenvalue weighted by atomic mass is 9.97. The number of nitrogens with one attached hydrogen (secondary N) is 1. The van der Waals surface area contributed by atoms with Crippen LogP contribution in [0.4, 0.5) is 0 Å². The molecule has 0 bridgehead atoms. The van der Waals surface area contributed by atoms with E-state index in [2.05, 4.69) is 22.3 Å². The van der Waals surface area contributed by atoms with Gasteiger partial charge in [0.1, 0.15) is 11.5 Å². The standard InChI is InChI=1S/C17H26N2O2.2ClH/c1-20-14-5-6-15(17(12-14)21-2)16(11-13-3-4-13)19-9-7-18-8-10-19;;/h5-6,12-13,16,18H,3-4,7-11H2,1-2H3;2*1H/t16-;;/m0../s1. The lowest BCUT2D eigenvalue weighted by Crippen LogP contribution is -2.45. The smallest absolute Gasteiger partial charge is 0.127 e. The molecule has 23 heavy (non-hydrogen) atoms. The summed E-state index contributed by atoms with van der Waals surface area (Å²) in [5, 5.41) is 3.44. The SMILES string of the molecule is COc1ccc([C@H](CC2CC2)N2CCNCC2)c(OC)c1.Cl.Cl. The Morgan fingerprint density at radius 2 is 1.83 bits per heavy atom. The third-order valence-electron chi connectivity index (χ3n) is 4.65. The van der Waals surface area contributed by atoms with Crippen molar-refractivity contribution < 1.29 is 9.47 Å². The summed E-state index contributed by atoms with van der Waals surface area (Å²) in [6.07, 6.45) is 4.03. The van der Waals surface area contributed by atoms with Crippen LogP contribution in [0.3, 0.4) is 0 Å². The van der Waals surface area contributed by atoms with Gasteiger partial charge in [-0.05, 0) is 18.4 Å². The molecule has 1 aromatic rings. The highest BCUT2D eigenvalue weighted by Gasteiger charge is 2.32. The van der Waals surface area contributed by atoms with Gasteiger partial charge < -0.3 is 14.8 Å². The molecule has 1 aliphatic carbocycles. The van der Waals surface area contributed by atoms with Crippen molar-refractivity contribution in [2.75, 3.05) is 40.4 Å². The van der Waals surface area contributed by atoms with Crippen LogP contribution in [0.2, 0.25) is 0 Å². The largest absolute Gasteiger partial charge is 0.497 e. The summed E-state index contributed by atoms with van der Waals surface area (Å²) in [6.45, 7) is 4.40. The molecule has 0 radical (unpaired) electrons. The third-order valence-corrected chi connectivity index (χ3v) is 4.65. The van der Waals surface area contributed by atoms with Crippen molar-refractivity contribution in [1.29, 1.82) is 0 Å². The van der Waals surface area contributed by atoms with Gasteiger partial charge in [-0.1, -0.05) is 18.9 Å². The molecule has 2 aliphatic rings. The minimum Gasteiger partial charge on any atom is -0.497 e. The van der Waals surface area contributed by atoms with Gasteiger partial charge in [0.05, 0.1) is 14.2 Å². The van der Waals surface area contributed by atoms with Crippen molar-refractivity contribution >= 4 is 24.8 Å². The average Bonchev–Trinajstić information content (AvgIpc) is 3.37. The zero-order valence-electron chi connectivity index (χ0n) is 13.9. The number of piperazine rings is 1. The number of ether oxygens (including phenoxy) is 2. The van der Waals surface area contributed by atoms with Gasteiger partial charge in [0.25, 0.3) is 0 Å². The fourth-order valence-electron chi connectivity index (χ4n) is 3.23. The Morgan fingerprint density at radius 3 is 2.39 bits per heavy atom. The summed E-state index contributed by atoms with van der Waals surface area (Å²) in [5.41, 5.74) is 1.31. The van der Waals surface area contributed by atoms with E-state index >= 15 is 0 Å². The molecule has 0 unspecified atom stereocenters. The van der Waals surface area contributed by atoms with E-state index in [1.807, 2.05) is 6.07 Å². The molecule has 1 saturated carbocycles. The fraction of sp³-hybridized carbons (Fsp3) is 0.647. The lowest BCUT2D eigenvalue weighted by Gasteiger charge is -2.36. The van der Waals surface area contributed by atoms with Crippen molar-refractivity contribution in [3.05, 3.63) is 23.8 Å². The Kier molecular flexibility index (Phi) is 8.48. The van der Waals surface area contributed by atoms with E-state index in [0.717, 1.165) is 43.6 Å². The maximum Gasteiger partial charge on any atom is 0.127 e. The number of methoxy groups -OCH3 is 2. The molecule has 1 atom stereocenters. The number of benzene rings is 1. The van der Waals surface area contributed by atoms with E-state index in [4.69, 9.17) is 9.47 Å². The van der Waals surface area contributed by atoms with E-state index in [0.29, 0.717) is 6.04 Å². The van der Waals surface area contributed by atoms with Gasteiger partial charge in [-0.15, -0.1) is 24.8 Å². The average molecular weight is 363 g/mol. The Hall–Kier alpha value is -0.680. The van der Waals surface area contributed by atoms with Gasteiger partial charge >= 0.3 is 0 Å². The van der Waals surface area contributed by atoms with Crippen molar-refractivity contribution in [2.45, 2.75) is 25.3 Å². The van der Waals surface area contributed by atoms with Gasteiger partial charge in [0, 0.05) is 43.9 Å². The van der Waals surface area contributed by atoms with Crippen molar-refractivity contribution in [3.63, 3.8) is 0 Å².